The minimum Gasteiger partial charge on any atom is -0.478 e. The summed E-state index contributed by atoms with van der Waals surface area (Å²) in [4.78, 5) is 6.96. The van der Waals surface area contributed by atoms with E-state index in [4.69, 9.17) is 4.74 Å². The number of nitrogens with one attached hydrogen (secondary N) is 1. The summed E-state index contributed by atoms with van der Waals surface area (Å²) in [5.74, 6) is 2.18. The van der Waals surface area contributed by atoms with E-state index in [-0.39, 0.29) is 0 Å². The zero-order valence-electron chi connectivity index (χ0n) is 12.7. The molecule has 4 nitrogen and oxygen atoms in total. The summed E-state index contributed by atoms with van der Waals surface area (Å²) in [5, 5.41) is 3.70. The largest absolute Gasteiger partial charge is 0.478 e. The van der Waals surface area contributed by atoms with Gasteiger partial charge in [-0.05, 0) is 37.8 Å². The van der Waals surface area contributed by atoms with Gasteiger partial charge in [-0.15, -0.1) is 0 Å². The molecule has 0 saturated carbocycles. The van der Waals surface area contributed by atoms with Crippen molar-refractivity contribution in [1.82, 2.24) is 10.3 Å². The first-order chi connectivity index (χ1) is 9.70. The first kappa shape index (κ1) is 13.7. The molecule has 110 valence electrons. The summed E-state index contributed by atoms with van der Waals surface area (Å²) < 4.78 is 5.43. The van der Waals surface area contributed by atoms with Gasteiger partial charge in [-0.1, -0.05) is 13.8 Å². The number of piperidine rings is 1. The van der Waals surface area contributed by atoms with Gasteiger partial charge in [0.1, 0.15) is 0 Å². The first-order valence-electron chi connectivity index (χ1n) is 7.79. The van der Waals surface area contributed by atoms with Gasteiger partial charge in [-0.25, -0.2) is 4.98 Å². The molecule has 3 aliphatic rings. The van der Waals surface area contributed by atoms with E-state index >= 15 is 0 Å². The highest BCUT2D eigenvalue weighted by atomic mass is 16.5. The second-order valence-corrected chi connectivity index (χ2v) is 6.07. The molecule has 3 aliphatic heterocycles. The fourth-order valence-electron chi connectivity index (χ4n) is 3.67. The standard InChI is InChI=1S/C16H25N3O/c1-4-20-16-6-5-13(9-18-16)19-10-14-11(2)12(3)15(19)7-8-17-14/h5-6,9,11-12,14-15,17H,4,7-8,10H2,1-3H3/t11-,12?,14?,15-/m1/s1. The maximum atomic E-state index is 5.43. The van der Waals surface area contributed by atoms with Gasteiger partial charge in [0.25, 0.3) is 0 Å². The van der Waals surface area contributed by atoms with Crippen LogP contribution in [0.2, 0.25) is 0 Å². The molecule has 0 aromatic carbocycles. The molecule has 4 atom stereocenters. The molecule has 3 saturated heterocycles. The van der Waals surface area contributed by atoms with Crippen LogP contribution in [0.5, 0.6) is 5.88 Å². The summed E-state index contributed by atoms with van der Waals surface area (Å²) in [7, 11) is 0. The van der Waals surface area contributed by atoms with Gasteiger partial charge in [-0.3, -0.25) is 0 Å². The summed E-state index contributed by atoms with van der Waals surface area (Å²) >= 11 is 0. The number of pyridine rings is 1. The van der Waals surface area contributed by atoms with Crippen LogP contribution in [0.1, 0.15) is 27.2 Å². The van der Waals surface area contributed by atoms with Gasteiger partial charge in [0.05, 0.1) is 18.5 Å². The van der Waals surface area contributed by atoms with Gasteiger partial charge in [0, 0.05) is 24.7 Å². The van der Waals surface area contributed by atoms with E-state index in [1.165, 1.54) is 12.1 Å². The molecule has 0 aliphatic carbocycles. The summed E-state index contributed by atoms with van der Waals surface area (Å²) in [5.41, 5.74) is 1.23. The smallest absolute Gasteiger partial charge is 0.213 e. The van der Waals surface area contributed by atoms with Crippen molar-refractivity contribution in [2.24, 2.45) is 11.8 Å². The zero-order chi connectivity index (χ0) is 14.1. The van der Waals surface area contributed by atoms with E-state index in [9.17, 15) is 0 Å². The Kier molecular flexibility index (Phi) is 3.83. The molecule has 20 heavy (non-hydrogen) atoms. The Balaban J connectivity index is 1.83. The Morgan fingerprint density at radius 1 is 1.35 bits per heavy atom. The Hall–Kier alpha value is -1.29. The van der Waals surface area contributed by atoms with Crippen LogP contribution in [0.3, 0.4) is 0 Å². The normalized spacial score (nSPS) is 33.0. The number of anilines is 1. The second kappa shape index (κ2) is 5.60. The van der Waals surface area contributed by atoms with E-state index in [0.717, 1.165) is 30.8 Å². The number of aromatic nitrogens is 1. The van der Waals surface area contributed by atoms with Crippen molar-refractivity contribution in [2.75, 3.05) is 24.6 Å². The van der Waals surface area contributed by atoms with Crippen molar-refractivity contribution in [1.29, 1.82) is 0 Å². The number of ether oxygens (including phenoxy) is 1. The lowest BCUT2D eigenvalue weighted by atomic mass is 9.79. The van der Waals surface area contributed by atoms with Crippen LogP contribution in [-0.4, -0.2) is 36.8 Å². The fraction of sp³-hybridized carbons (Fsp3) is 0.688. The van der Waals surface area contributed by atoms with Gasteiger partial charge < -0.3 is 15.0 Å². The van der Waals surface area contributed by atoms with Crippen molar-refractivity contribution in [3.05, 3.63) is 18.3 Å². The van der Waals surface area contributed by atoms with Crippen molar-refractivity contribution in [3.63, 3.8) is 0 Å². The first-order valence-corrected chi connectivity index (χ1v) is 7.79. The molecule has 2 bridgehead atoms. The molecular formula is C16H25N3O. The fourth-order valence-corrected chi connectivity index (χ4v) is 3.67. The van der Waals surface area contributed by atoms with E-state index in [0.29, 0.717) is 18.7 Å². The minimum atomic E-state index is 0.593. The monoisotopic (exact) mass is 275 g/mol. The average molecular weight is 275 g/mol. The number of nitrogens with zero attached hydrogens (tertiary/aromatic N) is 2. The van der Waals surface area contributed by atoms with Crippen LogP contribution < -0.4 is 15.0 Å². The second-order valence-electron chi connectivity index (χ2n) is 6.07. The summed E-state index contributed by atoms with van der Waals surface area (Å²) in [6.07, 6.45) is 3.18. The SMILES string of the molecule is CCOc1ccc(N2CC3NCC[C@@H]2C(C)[C@H]3C)cn1. The molecule has 0 spiro atoms. The third-order valence-corrected chi connectivity index (χ3v) is 5.06. The molecule has 1 aromatic heterocycles. The van der Waals surface area contributed by atoms with Gasteiger partial charge in [-0.2, -0.15) is 0 Å². The van der Waals surface area contributed by atoms with E-state index in [1.807, 2.05) is 19.2 Å². The summed E-state index contributed by atoms with van der Waals surface area (Å²) in [6, 6.07) is 5.35. The minimum absolute atomic E-state index is 0.593. The van der Waals surface area contributed by atoms with Crippen LogP contribution in [-0.2, 0) is 0 Å². The van der Waals surface area contributed by atoms with E-state index in [1.54, 1.807) is 0 Å². The highest BCUT2D eigenvalue weighted by molar-refractivity contribution is 5.48. The molecule has 4 heteroatoms. The van der Waals surface area contributed by atoms with Crippen LogP contribution in [0, 0.1) is 11.8 Å². The molecule has 2 unspecified atom stereocenters. The van der Waals surface area contributed by atoms with Gasteiger partial charge >= 0.3 is 0 Å². The zero-order valence-corrected chi connectivity index (χ0v) is 12.7. The Morgan fingerprint density at radius 2 is 2.20 bits per heavy atom. The highest BCUT2D eigenvalue weighted by Crippen LogP contribution is 2.36. The third-order valence-electron chi connectivity index (χ3n) is 5.06. The van der Waals surface area contributed by atoms with E-state index in [2.05, 4.69) is 35.1 Å². The molecular weight excluding hydrogens is 250 g/mol. The molecule has 1 N–H and O–H groups in total. The average Bonchev–Trinajstić information content (AvgIpc) is 2.75. The maximum Gasteiger partial charge on any atom is 0.213 e. The van der Waals surface area contributed by atoms with Gasteiger partial charge in [0.15, 0.2) is 0 Å². The number of hydrogen-bond acceptors (Lipinski definition) is 4. The van der Waals surface area contributed by atoms with Crippen molar-refractivity contribution >= 4 is 5.69 Å². The Bertz CT molecular complexity index is 446. The van der Waals surface area contributed by atoms with Crippen LogP contribution in [0.4, 0.5) is 5.69 Å². The predicted molar refractivity (Wildman–Crippen MR) is 81.3 cm³/mol. The van der Waals surface area contributed by atoms with Crippen molar-refractivity contribution < 1.29 is 4.74 Å². The molecule has 1 aromatic rings. The third kappa shape index (κ3) is 2.37. The lowest BCUT2D eigenvalue weighted by molar-refractivity contribution is 0.231. The molecule has 0 amide bonds. The number of rotatable bonds is 3. The van der Waals surface area contributed by atoms with Gasteiger partial charge in [0.2, 0.25) is 5.88 Å². The Morgan fingerprint density at radius 3 is 2.90 bits per heavy atom. The predicted octanol–water partition coefficient (Wildman–Crippen LogP) is 2.30. The van der Waals surface area contributed by atoms with Crippen LogP contribution in [0.25, 0.3) is 0 Å². The molecule has 4 heterocycles. The molecule has 4 rings (SSSR count). The lowest BCUT2D eigenvalue weighted by Gasteiger charge is -2.45. The number of hydrogen-bond donors (Lipinski definition) is 1. The molecule has 0 radical (unpaired) electrons. The summed E-state index contributed by atoms with van der Waals surface area (Å²) in [6.45, 7) is 9.64. The molecule has 3 fully saturated rings. The highest BCUT2D eigenvalue weighted by Gasteiger charge is 2.41. The Labute approximate surface area is 121 Å². The number of fused-ring (bicyclic) bond motifs is 4. The van der Waals surface area contributed by atoms with Crippen LogP contribution in [0.15, 0.2) is 18.3 Å². The van der Waals surface area contributed by atoms with Crippen molar-refractivity contribution in [3.8, 4) is 5.88 Å². The quantitative estimate of drug-likeness (QED) is 0.918. The maximum absolute atomic E-state index is 5.43. The lowest BCUT2D eigenvalue weighted by Crippen LogP contribution is -2.54. The van der Waals surface area contributed by atoms with E-state index < -0.39 is 0 Å². The topological polar surface area (TPSA) is 37.4 Å². The van der Waals surface area contributed by atoms with Crippen LogP contribution >= 0.6 is 0 Å². The van der Waals surface area contributed by atoms with Crippen molar-refractivity contribution in [2.45, 2.75) is 39.3 Å².